The molecule has 0 amide bonds. The monoisotopic (exact) mass is 551 g/mol. The van der Waals surface area contributed by atoms with E-state index >= 15 is 0 Å². The molecule has 6 nitrogen and oxygen atoms in total. The lowest BCUT2D eigenvalue weighted by Gasteiger charge is -2.42. The molecule has 1 aliphatic rings. The van der Waals surface area contributed by atoms with Gasteiger partial charge in [0.15, 0.2) is 11.4 Å². The number of aliphatic hydroxyl groups excluding tert-OH is 1. The number of anilines is 2. The number of halogens is 7. The van der Waals surface area contributed by atoms with E-state index in [1.807, 2.05) is 0 Å². The number of hydrogen-bond acceptors (Lipinski definition) is 7. The van der Waals surface area contributed by atoms with Crippen molar-refractivity contribution < 1.29 is 45.3 Å². The Morgan fingerprint density at radius 1 is 1.08 bits per heavy atom. The van der Waals surface area contributed by atoms with Crippen molar-refractivity contribution in [3.8, 4) is 0 Å². The second-order valence-electron chi connectivity index (χ2n) is 8.11. The third-order valence-electron chi connectivity index (χ3n) is 5.66. The predicted octanol–water partition coefficient (Wildman–Crippen LogP) is 5.56. The molecule has 4 rings (SSSR count). The number of aliphatic hydroxyl groups is 1. The van der Waals surface area contributed by atoms with Crippen LogP contribution in [0.5, 0.6) is 0 Å². The van der Waals surface area contributed by atoms with Gasteiger partial charge in [-0.3, -0.25) is 0 Å². The minimum Gasteiger partial charge on any atom is -0.393 e. The van der Waals surface area contributed by atoms with Crippen molar-refractivity contribution in [1.82, 2.24) is 4.98 Å². The van der Waals surface area contributed by atoms with E-state index in [4.69, 9.17) is 15.2 Å². The van der Waals surface area contributed by atoms with E-state index in [-0.39, 0.29) is 17.8 Å². The Morgan fingerprint density at radius 2 is 1.70 bits per heavy atom. The van der Waals surface area contributed by atoms with Crippen molar-refractivity contribution in [3.63, 3.8) is 0 Å². The summed E-state index contributed by atoms with van der Waals surface area (Å²) in [5.74, 6) is -0.525. The molecular formula is C23H20F7N3O3S. The van der Waals surface area contributed by atoms with E-state index in [1.165, 1.54) is 30.5 Å². The lowest BCUT2D eigenvalue weighted by atomic mass is 10.00. The molecule has 2 unspecified atom stereocenters. The number of rotatable bonds is 6. The van der Waals surface area contributed by atoms with E-state index in [1.54, 1.807) is 4.90 Å². The Balaban J connectivity index is 1.73. The van der Waals surface area contributed by atoms with Crippen LogP contribution in [0, 0.1) is 5.82 Å². The van der Waals surface area contributed by atoms with Crippen LogP contribution in [0.2, 0.25) is 0 Å². The number of benzene rings is 2. The molecule has 1 aromatic heterocycles. The molecule has 3 N–H and O–H groups in total. The Hall–Kier alpha value is -2.94. The largest absolute Gasteiger partial charge is 0.416 e. The quantitative estimate of drug-likeness (QED) is 0.391. The molecule has 0 bridgehead atoms. The third-order valence-corrected chi connectivity index (χ3v) is 6.52. The molecule has 200 valence electrons. The van der Waals surface area contributed by atoms with Crippen LogP contribution in [0.25, 0.3) is 0 Å². The molecule has 2 heterocycles. The molecule has 0 aliphatic carbocycles. The zero-order valence-corrected chi connectivity index (χ0v) is 19.6. The Kier molecular flexibility index (Phi) is 7.65. The van der Waals surface area contributed by atoms with Crippen LogP contribution < -0.4 is 10.6 Å². The molecule has 0 spiro atoms. The summed E-state index contributed by atoms with van der Waals surface area (Å²) >= 11 is 1.14. The van der Waals surface area contributed by atoms with Gasteiger partial charge in [0.05, 0.1) is 30.5 Å². The van der Waals surface area contributed by atoms with Gasteiger partial charge in [0.1, 0.15) is 23.0 Å². The fraction of sp³-hybridized carbons (Fsp3) is 0.348. The lowest BCUT2D eigenvalue weighted by molar-refractivity contribution is -0.202. The maximum absolute atomic E-state index is 13.6. The van der Waals surface area contributed by atoms with Crippen molar-refractivity contribution in [2.75, 3.05) is 30.4 Å². The maximum Gasteiger partial charge on any atom is 0.416 e. The smallest absolute Gasteiger partial charge is 0.393 e. The van der Waals surface area contributed by atoms with E-state index in [9.17, 15) is 35.8 Å². The van der Waals surface area contributed by atoms with Crippen molar-refractivity contribution in [1.29, 1.82) is 0 Å². The van der Waals surface area contributed by atoms with Gasteiger partial charge in [-0.25, -0.2) is 9.37 Å². The molecule has 1 saturated heterocycles. The molecule has 3 aromatic rings. The fourth-order valence-corrected chi connectivity index (χ4v) is 4.71. The first-order valence-corrected chi connectivity index (χ1v) is 11.6. The Labute approximate surface area is 210 Å². The van der Waals surface area contributed by atoms with Crippen molar-refractivity contribution in [3.05, 3.63) is 76.7 Å². The van der Waals surface area contributed by atoms with Crippen LogP contribution in [-0.4, -0.2) is 36.1 Å². The number of morpholine rings is 1. The molecule has 3 atom stereocenters. The molecule has 2 aromatic carbocycles. The highest BCUT2D eigenvalue weighted by atomic mass is 32.1. The van der Waals surface area contributed by atoms with Crippen LogP contribution in [0.3, 0.4) is 0 Å². The summed E-state index contributed by atoms with van der Waals surface area (Å²) in [6, 6.07) is 5.42. The summed E-state index contributed by atoms with van der Waals surface area (Å²) in [6.07, 6.45) is -11.5. The van der Waals surface area contributed by atoms with E-state index in [0.29, 0.717) is 29.2 Å². The summed E-state index contributed by atoms with van der Waals surface area (Å²) in [5.41, 5.74) is 2.62. The van der Waals surface area contributed by atoms with Gasteiger partial charge < -0.3 is 25.2 Å². The van der Waals surface area contributed by atoms with Crippen LogP contribution in [0.15, 0.2) is 48.7 Å². The fourth-order valence-electron chi connectivity index (χ4n) is 3.97. The predicted molar refractivity (Wildman–Crippen MR) is 120 cm³/mol. The molecule has 14 heteroatoms. The SMILES string of the molecule is Nc1ncc(N2CCOC(O[C@H](CO)c3cc(C(F)(F)F)cc(C(F)(F)F)c3)C2c2ccc(F)cc2)s1. The van der Waals surface area contributed by atoms with Gasteiger partial charge in [0.2, 0.25) is 0 Å². The van der Waals surface area contributed by atoms with E-state index in [2.05, 4.69) is 4.98 Å². The maximum atomic E-state index is 13.6. The number of nitrogens with zero attached hydrogens (tertiary/aromatic N) is 2. The van der Waals surface area contributed by atoms with Gasteiger partial charge in [-0.2, -0.15) is 26.3 Å². The van der Waals surface area contributed by atoms with Crippen molar-refractivity contribution >= 4 is 21.5 Å². The summed E-state index contributed by atoms with van der Waals surface area (Å²) in [4.78, 5) is 5.78. The molecule has 1 fully saturated rings. The summed E-state index contributed by atoms with van der Waals surface area (Å²) in [6.45, 7) is -0.577. The van der Waals surface area contributed by atoms with Gasteiger partial charge in [-0.15, -0.1) is 0 Å². The van der Waals surface area contributed by atoms with Gasteiger partial charge in [-0.05, 0) is 41.5 Å². The van der Waals surface area contributed by atoms with Crippen molar-refractivity contribution in [2.45, 2.75) is 30.8 Å². The Morgan fingerprint density at radius 3 is 2.22 bits per heavy atom. The van der Waals surface area contributed by atoms with E-state index in [0.717, 1.165) is 11.3 Å². The summed E-state index contributed by atoms with van der Waals surface area (Å²) < 4.78 is 105. The van der Waals surface area contributed by atoms with Crippen LogP contribution in [0.1, 0.15) is 34.4 Å². The second kappa shape index (κ2) is 10.4. The van der Waals surface area contributed by atoms with Crippen LogP contribution in [0.4, 0.5) is 40.9 Å². The number of nitrogens with two attached hydrogens (primary N) is 1. The van der Waals surface area contributed by atoms with E-state index < -0.39 is 59.9 Å². The average molecular weight is 551 g/mol. The van der Waals surface area contributed by atoms with Gasteiger partial charge >= 0.3 is 12.4 Å². The zero-order chi connectivity index (χ0) is 27.0. The topological polar surface area (TPSA) is 80.8 Å². The minimum atomic E-state index is -5.07. The third kappa shape index (κ3) is 6.14. The number of thiazole rings is 1. The molecule has 1 aliphatic heterocycles. The van der Waals surface area contributed by atoms with Crippen molar-refractivity contribution in [2.24, 2.45) is 0 Å². The highest BCUT2D eigenvalue weighted by molar-refractivity contribution is 7.19. The minimum absolute atomic E-state index is 0.00765. The first kappa shape index (κ1) is 27.1. The first-order chi connectivity index (χ1) is 17.4. The molecular weight excluding hydrogens is 531 g/mol. The summed E-state index contributed by atoms with van der Waals surface area (Å²) in [7, 11) is 0. The van der Waals surface area contributed by atoms with Gasteiger partial charge in [-0.1, -0.05) is 23.5 Å². The van der Waals surface area contributed by atoms with Crippen LogP contribution in [-0.2, 0) is 21.8 Å². The number of hydrogen-bond donors (Lipinski definition) is 2. The van der Waals surface area contributed by atoms with Crippen LogP contribution >= 0.6 is 11.3 Å². The molecule has 0 radical (unpaired) electrons. The lowest BCUT2D eigenvalue weighted by Crippen LogP contribution is -2.47. The number of ether oxygens (including phenoxy) is 2. The average Bonchev–Trinajstić information content (AvgIpc) is 3.27. The number of nitrogen functional groups attached to an aromatic ring is 1. The summed E-state index contributed by atoms with van der Waals surface area (Å²) in [5, 5.41) is 10.8. The second-order valence-corrected chi connectivity index (χ2v) is 9.15. The first-order valence-electron chi connectivity index (χ1n) is 10.8. The Bertz CT molecular complexity index is 1190. The molecule has 37 heavy (non-hydrogen) atoms. The normalized spacial score (nSPS) is 19.7. The van der Waals surface area contributed by atoms with Gasteiger partial charge in [0, 0.05) is 6.54 Å². The number of aromatic nitrogens is 1. The van der Waals surface area contributed by atoms with Gasteiger partial charge in [0.25, 0.3) is 0 Å². The highest BCUT2D eigenvalue weighted by Gasteiger charge is 2.40. The number of alkyl halides is 6. The highest BCUT2D eigenvalue weighted by Crippen LogP contribution is 2.41. The standard InChI is InChI=1S/C23H20F7N3O3S/c24-16-3-1-12(2-4-16)19-20(35-6-5-33(19)18-10-32-21(31)37-18)36-17(11-34)13-7-14(22(25,26)27)9-15(8-13)23(28,29)30/h1-4,7-10,17,19-20,34H,5-6,11H2,(H2,31,32)/t17-,19?,20?/m1/s1. The zero-order valence-electron chi connectivity index (χ0n) is 18.8. The molecule has 0 saturated carbocycles.